The lowest BCUT2D eigenvalue weighted by molar-refractivity contribution is -0.153. The van der Waals surface area contributed by atoms with Gasteiger partial charge in [0.2, 0.25) is 23.5 Å². The van der Waals surface area contributed by atoms with E-state index in [1.54, 1.807) is 56.0 Å². The number of hydrogen-bond donors (Lipinski definition) is 5. The number of Topliss-reactive ketones (excluding diaryl/α,β-unsaturated/α-hetero) is 1. The Labute approximate surface area is 303 Å². The molecule has 1 aromatic heterocycles. The van der Waals surface area contributed by atoms with Gasteiger partial charge < -0.3 is 31.3 Å². The standard InChI is InChI=1S/C37H49N7O8/c1-4-10-25(32(46)35(49)42-26(37(51)52)19-23-11-6-5-7-12-23)41-34(48)29-16-15-24-13-8-9-14-28(24)44(29)36(50)31(22(2)3)43-30(45)21-40-33(47)27-20-38-17-18-39-27/h5-7,11-12,17-18,20,22,24-26,28-29,31H,4,8-10,13-16,19,21H2,1-3H3,(H,40,47)(H,41,48)(H,42,49)(H,43,45)(H,51,52)/t24?,25?,26-,28?,29-,31-/m0/s1. The molecule has 1 saturated carbocycles. The largest absolute Gasteiger partial charge is 0.480 e. The lowest BCUT2D eigenvalue weighted by Crippen LogP contribution is -2.65. The molecule has 2 aromatic rings. The van der Waals surface area contributed by atoms with Crippen LogP contribution in [0.3, 0.4) is 0 Å². The number of ketones is 1. The van der Waals surface area contributed by atoms with E-state index in [1.807, 2.05) is 0 Å². The maximum Gasteiger partial charge on any atom is 0.326 e. The topological polar surface area (TPSA) is 217 Å². The molecule has 2 aliphatic rings. The highest BCUT2D eigenvalue weighted by molar-refractivity contribution is 6.38. The molecule has 280 valence electrons. The Morgan fingerprint density at radius 2 is 1.63 bits per heavy atom. The van der Waals surface area contributed by atoms with Gasteiger partial charge in [0.15, 0.2) is 0 Å². The first kappa shape index (κ1) is 39.6. The summed E-state index contributed by atoms with van der Waals surface area (Å²) in [5, 5.41) is 20.0. The molecular formula is C37H49N7O8. The van der Waals surface area contributed by atoms with Gasteiger partial charge in [-0.05, 0) is 49.5 Å². The van der Waals surface area contributed by atoms with E-state index >= 15 is 0 Å². The van der Waals surface area contributed by atoms with Gasteiger partial charge in [0, 0.05) is 24.9 Å². The molecule has 5 N–H and O–H groups in total. The highest BCUT2D eigenvalue weighted by Gasteiger charge is 2.46. The van der Waals surface area contributed by atoms with Crippen LogP contribution in [-0.2, 0) is 35.2 Å². The Balaban J connectivity index is 1.49. The molecule has 2 heterocycles. The van der Waals surface area contributed by atoms with Crippen LogP contribution in [0, 0.1) is 11.8 Å². The van der Waals surface area contributed by atoms with Crippen LogP contribution in [0.15, 0.2) is 48.9 Å². The molecule has 1 aliphatic heterocycles. The number of aliphatic carboxylic acids is 1. The Morgan fingerprint density at radius 1 is 0.904 bits per heavy atom. The first-order chi connectivity index (χ1) is 24.9. The van der Waals surface area contributed by atoms with Gasteiger partial charge in [-0.15, -0.1) is 0 Å². The Kier molecular flexibility index (Phi) is 14.4. The van der Waals surface area contributed by atoms with Crippen LogP contribution in [0.1, 0.15) is 88.2 Å². The number of carbonyl (C=O) groups is 7. The summed E-state index contributed by atoms with van der Waals surface area (Å²) in [4.78, 5) is 102. The number of benzene rings is 1. The van der Waals surface area contributed by atoms with Crippen molar-refractivity contribution in [1.82, 2.24) is 36.1 Å². The molecule has 4 rings (SSSR count). The number of carboxylic acids is 1. The number of amides is 5. The van der Waals surface area contributed by atoms with Crippen molar-refractivity contribution in [3.05, 3.63) is 60.2 Å². The van der Waals surface area contributed by atoms with E-state index in [-0.39, 0.29) is 36.4 Å². The minimum Gasteiger partial charge on any atom is -0.480 e. The molecule has 0 bridgehead atoms. The fourth-order valence-electron chi connectivity index (χ4n) is 7.04. The van der Waals surface area contributed by atoms with Crippen LogP contribution in [-0.4, -0.2) is 98.0 Å². The zero-order valence-electron chi connectivity index (χ0n) is 29.9. The molecule has 15 nitrogen and oxygen atoms in total. The number of nitrogens with one attached hydrogen (secondary N) is 4. The van der Waals surface area contributed by atoms with Crippen molar-refractivity contribution >= 4 is 41.3 Å². The first-order valence-corrected chi connectivity index (χ1v) is 18.0. The summed E-state index contributed by atoms with van der Waals surface area (Å²) in [7, 11) is 0. The summed E-state index contributed by atoms with van der Waals surface area (Å²) >= 11 is 0. The van der Waals surface area contributed by atoms with Crippen molar-refractivity contribution in [2.75, 3.05) is 6.54 Å². The molecule has 15 heteroatoms. The summed E-state index contributed by atoms with van der Waals surface area (Å²) in [5.74, 6) is -5.87. The third kappa shape index (κ3) is 10.4. The van der Waals surface area contributed by atoms with E-state index in [1.165, 1.54) is 18.6 Å². The second-order valence-corrected chi connectivity index (χ2v) is 13.8. The van der Waals surface area contributed by atoms with Gasteiger partial charge in [-0.2, -0.15) is 0 Å². The zero-order valence-corrected chi connectivity index (χ0v) is 29.9. The maximum atomic E-state index is 14.4. The average molecular weight is 720 g/mol. The molecule has 6 atom stereocenters. The highest BCUT2D eigenvalue weighted by Crippen LogP contribution is 2.38. The van der Waals surface area contributed by atoms with E-state index in [4.69, 9.17) is 0 Å². The second-order valence-electron chi connectivity index (χ2n) is 13.8. The number of aromatic nitrogens is 2. The van der Waals surface area contributed by atoms with Crippen LogP contribution >= 0.6 is 0 Å². The SMILES string of the molecule is CCCC(NC(=O)[C@@H]1CCC2CCCCC2N1C(=O)[C@@H](NC(=O)CNC(=O)c1cnccn1)C(C)C)C(=O)C(=O)N[C@@H](Cc1ccccc1)C(=O)O. The van der Waals surface area contributed by atoms with Crippen molar-refractivity contribution in [1.29, 1.82) is 0 Å². The Bertz CT molecular complexity index is 1590. The number of fused-ring (bicyclic) bond motifs is 1. The molecule has 3 unspecified atom stereocenters. The van der Waals surface area contributed by atoms with Gasteiger partial charge in [-0.3, -0.25) is 33.8 Å². The first-order valence-electron chi connectivity index (χ1n) is 18.0. The number of rotatable bonds is 16. The lowest BCUT2D eigenvalue weighted by atomic mass is 9.75. The number of carbonyl (C=O) groups excluding carboxylic acids is 6. The summed E-state index contributed by atoms with van der Waals surface area (Å²) < 4.78 is 0. The van der Waals surface area contributed by atoms with Crippen molar-refractivity contribution in [3.8, 4) is 0 Å². The molecule has 1 aromatic carbocycles. The van der Waals surface area contributed by atoms with Crippen molar-refractivity contribution in [2.24, 2.45) is 11.8 Å². The summed E-state index contributed by atoms with van der Waals surface area (Å²) in [5.41, 5.74) is 0.690. The van der Waals surface area contributed by atoms with Gasteiger partial charge in [0.25, 0.3) is 11.8 Å². The highest BCUT2D eigenvalue weighted by atomic mass is 16.4. The third-order valence-electron chi connectivity index (χ3n) is 9.70. The molecular weight excluding hydrogens is 670 g/mol. The molecule has 0 spiro atoms. The monoisotopic (exact) mass is 719 g/mol. The van der Waals surface area contributed by atoms with Crippen LogP contribution in [0.25, 0.3) is 0 Å². The predicted octanol–water partition coefficient (Wildman–Crippen LogP) is 1.56. The van der Waals surface area contributed by atoms with E-state index in [0.717, 1.165) is 19.3 Å². The van der Waals surface area contributed by atoms with Gasteiger partial charge in [0.1, 0.15) is 23.8 Å². The normalized spacial score (nSPS) is 20.0. The van der Waals surface area contributed by atoms with E-state index in [0.29, 0.717) is 31.2 Å². The molecule has 52 heavy (non-hydrogen) atoms. The minimum absolute atomic E-state index is 0.0310. The fourth-order valence-corrected chi connectivity index (χ4v) is 7.04. The predicted molar refractivity (Wildman–Crippen MR) is 188 cm³/mol. The quantitative estimate of drug-likeness (QED) is 0.158. The lowest BCUT2D eigenvalue weighted by Gasteiger charge is -2.49. The maximum absolute atomic E-state index is 14.4. The molecule has 5 amide bonds. The molecule has 1 aliphatic carbocycles. The Morgan fingerprint density at radius 3 is 2.29 bits per heavy atom. The number of hydrogen-bond acceptors (Lipinski definition) is 9. The summed E-state index contributed by atoms with van der Waals surface area (Å²) in [6.45, 7) is 4.91. The summed E-state index contributed by atoms with van der Waals surface area (Å²) in [6, 6.07) is 3.82. The van der Waals surface area contributed by atoms with Crippen LogP contribution in [0.5, 0.6) is 0 Å². The van der Waals surface area contributed by atoms with Crippen molar-refractivity contribution < 1.29 is 38.7 Å². The zero-order chi connectivity index (χ0) is 37.8. The number of piperidine rings is 1. The van der Waals surface area contributed by atoms with Gasteiger partial charge in [-0.25, -0.2) is 9.78 Å². The Hall–Kier alpha value is -5.21. The van der Waals surface area contributed by atoms with Crippen LogP contribution in [0.2, 0.25) is 0 Å². The smallest absolute Gasteiger partial charge is 0.326 e. The van der Waals surface area contributed by atoms with Crippen molar-refractivity contribution in [3.63, 3.8) is 0 Å². The number of likely N-dealkylation sites (tertiary alicyclic amines) is 1. The van der Waals surface area contributed by atoms with E-state index in [9.17, 15) is 38.7 Å². The van der Waals surface area contributed by atoms with E-state index < -0.39 is 72.0 Å². The second kappa shape index (κ2) is 18.9. The van der Waals surface area contributed by atoms with Crippen LogP contribution < -0.4 is 21.3 Å². The van der Waals surface area contributed by atoms with Crippen molar-refractivity contribution in [2.45, 2.75) is 109 Å². The van der Waals surface area contributed by atoms with Gasteiger partial charge in [-0.1, -0.05) is 70.4 Å². The fraction of sp³-hybridized carbons (Fsp3) is 0.541. The molecule has 1 saturated heterocycles. The summed E-state index contributed by atoms with van der Waals surface area (Å²) in [6.07, 6.45) is 8.97. The molecule has 0 radical (unpaired) electrons. The van der Waals surface area contributed by atoms with Crippen LogP contribution in [0.4, 0.5) is 0 Å². The third-order valence-corrected chi connectivity index (χ3v) is 9.70. The van der Waals surface area contributed by atoms with Gasteiger partial charge >= 0.3 is 5.97 Å². The minimum atomic E-state index is -1.37. The van der Waals surface area contributed by atoms with E-state index in [2.05, 4.69) is 31.2 Å². The number of carboxylic acid groups (broad SMARTS) is 1. The number of nitrogens with zero attached hydrogens (tertiary/aromatic N) is 3. The van der Waals surface area contributed by atoms with Gasteiger partial charge in [0.05, 0.1) is 18.8 Å². The molecule has 2 fully saturated rings. The average Bonchev–Trinajstić information content (AvgIpc) is 3.14.